The fourth-order valence-corrected chi connectivity index (χ4v) is 4.43. The van der Waals surface area contributed by atoms with Crippen molar-refractivity contribution in [3.8, 4) is 11.5 Å². The van der Waals surface area contributed by atoms with Gasteiger partial charge in [0.25, 0.3) is 5.91 Å². The van der Waals surface area contributed by atoms with Crippen molar-refractivity contribution in [1.29, 1.82) is 0 Å². The van der Waals surface area contributed by atoms with Crippen LogP contribution in [-0.4, -0.2) is 48.6 Å². The summed E-state index contributed by atoms with van der Waals surface area (Å²) in [4.78, 5) is 29.8. The van der Waals surface area contributed by atoms with E-state index >= 15 is 0 Å². The first kappa shape index (κ1) is 24.2. The number of nitrogens with zero attached hydrogens (tertiary/aromatic N) is 2. The number of carbonyl (C=O) groups is 2. The Bertz CT molecular complexity index is 1180. The van der Waals surface area contributed by atoms with E-state index in [1.807, 2.05) is 35.2 Å². The average Bonchev–Trinajstić information content (AvgIpc) is 3.12. The van der Waals surface area contributed by atoms with Gasteiger partial charge in [0.05, 0.1) is 26.3 Å². The van der Waals surface area contributed by atoms with Crippen LogP contribution in [0.2, 0.25) is 0 Å². The Hall–Kier alpha value is -3.91. The van der Waals surface area contributed by atoms with Crippen molar-refractivity contribution in [2.24, 2.45) is 0 Å². The van der Waals surface area contributed by atoms with E-state index in [2.05, 4.69) is 5.32 Å². The van der Waals surface area contributed by atoms with Crippen LogP contribution in [0.25, 0.3) is 0 Å². The molecule has 1 N–H and O–H groups in total. The minimum Gasteiger partial charge on any atom is -0.497 e. The molecule has 1 fully saturated rings. The minimum atomic E-state index is -0.702. The lowest BCUT2D eigenvalue weighted by atomic mass is 10.1. The summed E-state index contributed by atoms with van der Waals surface area (Å²) in [6.07, 6.45) is 0.674. The Balaban J connectivity index is 1.54. The van der Waals surface area contributed by atoms with Gasteiger partial charge in [-0.15, -0.1) is 0 Å². The Labute approximate surface area is 210 Å². The van der Waals surface area contributed by atoms with Crippen molar-refractivity contribution in [3.05, 3.63) is 84.4 Å². The molecule has 2 amide bonds. The molecule has 3 aromatic rings. The molecule has 1 aliphatic rings. The molecule has 1 saturated heterocycles. The van der Waals surface area contributed by atoms with Gasteiger partial charge in [0.2, 0.25) is 5.91 Å². The van der Waals surface area contributed by atoms with Crippen molar-refractivity contribution in [2.45, 2.75) is 18.9 Å². The molecule has 0 bridgehead atoms. The van der Waals surface area contributed by atoms with Gasteiger partial charge < -0.3 is 19.7 Å². The number of hydrogen-bond donors (Lipinski definition) is 1. The Kier molecular flexibility index (Phi) is 7.62. The SMILES string of the molecule is COc1ccc(NC(=O)C[C@@H]2C(=O)N(c3ccc(OC)cc3)C(=S)N2CCc2ccccc2)cc1. The number of hydrogen-bond acceptors (Lipinski definition) is 5. The van der Waals surface area contributed by atoms with Gasteiger partial charge in [0.1, 0.15) is 17.5 Å². The highest BCUT2D eigenvalue weighted by atomic mass is 32.1. The molecule has 0 aliphatic carbocycles. The van der Waals surface area contributed by atoms with E-state index in [0.717, 1.165) is 5.56 Å². The predicted octanol–water partition coefficient (Wildman–Crippen LogP) is 4.28. The Morgan fingerprint density at radius 1 is 0.914 bits per heavy atom. The summed E-state index contributed by atoms with van der Waals surface area (Å²) in [5, 5.41) is 3.26. The van der Waals surface area contributed by atoms with Gasteiger partial charge in [-0.05, 0) is 72.7 Å². The van der Waals surface area contributed by atoms with E-state index in [1.165, 1.54) is 4.90 Å². The standard InChI is InChI=1S/C27H27N3O4S/c1-33-22-12-8-20(9-13-22)28-25(31)18-24-26(32)30(21-10-14-23(34-2)15-11-21)27(35)29(24)17-16-19-6-4-3-5-7-19/h3-15,24H,16-18H2,1-2H3,(H,28,31)/t24-/m1/s1. The maximum atomic E-state index is 13.5. The summed E-state index contributed by atoms with van der Waals surface area (Å²) >= 11 is 5.74. The van der Waals surface area contributed by atoms with Crippen LogP contribution < -0.4 is 19.7 Å². The first-order chi connectivity index (χ1) is 17.0. The quantitative estimate of drug-likeness (QED) is 0.453. The maximum Gasteiger partial charge on any atom is 0.256 e. The summed E-state index contributed by atoms with van der Waals surface area (Å²) < 4.78 is 10.4. The van der Waals surface area contributed by atoms with E-state index in [0.29, 0.717) is 41.0 Å². The lowest BCUT2D eigenvalue weighted by molar-refractivity contribution is -0.124. The number of methoxy groups -OCH3 is 2. The molecule has 0 aromatic heterocycles. The average molecular weight is 490 g/mol. The molecular formula is C27H27N3O4S. The first-order valence-electron chi connectivity index (χ1n) is 11.3. The van der Waals surface area contributed by atoms with Crippen LogP contribution in [-0.2, 0) is 16.0 Å². The van der Waals surface area contributed by atoms with Crippen molar-refractivity contribution in [3.63, 3.8) is 0 Å². The molecule has 0 unspecified atom stereocenters. The fraction of sp³-hybridized carbons (Fsp3) is 0.222. The second kappa shape index (κ2) is 11.0. The van der Waals surface area contributed by atoms with Crippen LogP contribution in [0, 0.1) is 0 Å². The summed E-state index contributed by atoms with van der Waals surface area (Å²) in [6, 6.07) is 23.5. The molecule has 3 aromatic carbocycles. The normalized spacial score (nSPS) is 15.3. The lowest BCUT2D eigenvalue weighted by Crippen LogP contribution is -2.39. The number of carbonyl (C=O) groups excluding carboxylic acids is 2. The highest BCUT2D eigenvalue weighted by Gasteiger charge is 2.43. The van der Waals surface area contributed by atoms with E-state index in [9.17, 15) is 9.59 Å². The molecule has 1 atom stereocenters. The highest BCUT2D eigenvalue weighted by Crippen LogP contribution is 2.29. The lowest BCUT2D eigenvalue weighted by Gasteiger charge is -2.24. The van der Waals surface area contributed by atoms with Crippen LogP contribution in [0.5, 0.6) is 11.5 Å². The zero-order valence-corrected chi connectivity index (χ0v) is 20.5. The zero-order valence-electron chi connectivity index (χ0n) is 19.6. The van der Waals surface area contributed by atoms with Gasteiger partial charge in [0.15, 0.2) is 5.11 Å². The molecule has 0 saturated carbocycles. The van der Waals surface area contributed by atoms with Gasteiger partial charge in [-0.1, -0.05) is 30.3 Å². The van der Waals surface area contributed by atoms with E-state index in [-0.39, 0.29) is 18.2 Å². The highest BCUT2D eigenvalue weighted by molar-refractivity contribution is 7.80. The number of rotatable bonds is 9. The van der Waals surface area contributed by atoms with Crippen molar-refractivity contribution >= 4 is 40.5 Å². The van der Waals surface area contributed by atoms with Crippen LogP contribution in [0.1, 0.15) is 12.0 Å². The van der Waals surface area contributed by atoms with Crippen molar-refractivity contribution in [1.82, 2.24) is 4.90 Å². The molecule has 0 radical (unpaired) electrons. The summed E-state index contributed by atoms with van der Waals surface area (Å²) in [6.45, 7) is 0.516. The third kappa shape index (κ3) is 5.60. The van der Waals surface area contributed by atoms with Crippen LogP contribution in [0.3, 0.4) is 0 Å². The second-order valence-electron chi connectivity index (χ2n) is 8.08. The van der Waals surface area contributed by atoms with Crippen LogP contribution in [0.15, 0.2) is 78.9 Å². The number of nitrogens with one attached hydrogen (secondary N) is 1. The largest absolute Gasteiger partial charge is 0.497 e. The van der Waals surface area contributed by atoms with Gasteiger partial charge in [-0.3, -0.25) is 14.5 Å². The number of anilines is 2. The third-order valence-corrected chi connectivity index (χ3v) is 6.30. The molecule has 1 heterocycles. The molecule has 180 valence electrons. The fourth-order valence-electron chi connectivity index (χ4n) is 4.01. The maximum absolute atomic E-state index is 13.5. The van der Waals surface area contributed by atoms with Crippen LogP contribution >= 0.6 is 12.2 Å². The molecule has 1 aliphatic heterocycles. The topological polar surface area (TPSA) is 71.1 Å². The molecule has 7 nitrogen and oxygen atoms in total. The van der Waals surface area contributed by atoms with Gasteiger partial charge >= 0.3 is 0 Å². The second-order valence-corrected chi connectivity index (χ2v) is 8.44. The number of amides is 2. The predicted molar refractivity (Wildman–Crippen MR) is 140 cm³/mol. The van der Waals surface area contributed by atoms with Gasteiger partial charge in [-0.2, -0.15) is 0 Å². The molecule has 8 heteroatoms. The summed E-state index contributed by atoms with van der Waals surface area (Å²) in [7, 11) is 3.17. The third-order valence-electron chi connectivity index (χ3n) is 5.89. The van der Waals surface area contributed by atoms with Crippen molar-refractivity contribution in [2.75, 3.05) is 31.0 Å². The molecule has 0 spiro atoms. The van der Waals surface area contributed by atoms with Crippen molar-refractivity contribution < 1.29 is 19.1 Å². The number of ether oxygens (including phenoxy) is 2. The number of benzene rings is 3. The first-order valence-corrected chi connectivity index (χ1v) is 11.7. The van der Waals surface area contributed by atoms with Crippen LogP contribution in [0.4, 0.5) is 11.4 Å². The molecule has 4 rings (SSSR count). The number of thiocarbonyl (C=S) groups is 1. The zero-order chi connectivity index (χ0) is 24.8. The molecule has 35 heavy (non-hydrogen) atoms. The Morgan fingerprint density at radius 3 is 2.11 bits per heavy atom. The monoisotopic (exact) mass is 489 g/mol. The molecular weight excluding hydrogens is 462 g/mol. The minimum absolute atomic E-state index is 0.0214. The van der Waals surface area contributed by atoms with E-state index in [4.69, 9.17) is 21.7 Å². The van der Waals surface area contributed by atoms with Gasteiger partial charge in [0, 0.05) is 12.2 Å². The smallest absolute Gasteiger partial charge is 0.256 e. The Morgan fingerprint density at radius 2 is 1.51 bits per heavy atom. The van der Waals surface area contributed by atoms with E-state index < -0.39 is 6.04 Å². The summed E-state index contributed by atoms with van der Waals surface area (Å²) in [5.41, 5.74) is 2.40. The van der Waals surface area contributed by atoms with Gasteiger partial charge in [-0.25, -0.2) is 0 Å². The van der Waals surface area contributed by atoms with E-state index in [1.54, 1.807) is 62.8 Å². The summed E-state index contributed by atoms with van der Waals surface area (Å²) in [5.74, 6) is 0.889.